The molecule has 0 saturated carbocycles. The molecule has 12 N–H and O–H groups in total. The lowest BCUT2D eigenvalue weighted by Crippen LogP contribution is -2.58. The minimum Gasteiger partial charge on any atom is -0.480 e. The molecule has 0 aromatic carbocycles. The standard InChI is InChI=1S/C18H34N8O6/c1-8(2)13(20)16(30)25-10(5-4-6-23-18(21)22)14(28)26-11(7-12(19)27)15(29)24-9(3)17(31)32/h8-11,13H,4-7,20H2,1-3H3,(H2,19,27)(H,24,29)(H,25,30)(H,26,28)(H,31,32)(H4,21,22,23)/t9-,10-,11-,13-/m0/s1. The number of carbonyl (C=O) groups is 5. The highest BCUT2D eigenvalue weighted by Gasteiger charge is 2.30. The number of rotatable bonds is 14. The SMILES string of the molecule is CC(C)[C@H](N)C(=O)N[C@@H](CCCNC(=N)N)C(=O)N[C@@H](CC(N)=O)C(=O)N[C@@H](C)C(=O)O. The molecular formula is C18H34N8O6. The monoisotopic (exact) mass is 458 g/mol. The number of primary amides is 1. The third-order valence-corrected chi connectivity index (χ3v) is 4.41. The normalized spacial score (nSPS) is 14.4. The Hall–Kier alpha value is -3.42. The Kier molecular flexibility index (Phi) is 12.3. The largest absolute Gasteiger partial charge is 0.480 e. The quantitative estimate of drug-likeness (QED) is 0.0715. The zero-order valence-corrected chi connectivity index (χ0v) is 18.4. The van der Waals surface area contributed by atoms with E-state index in [9.17, 15) is 24.0 Å². The summed E-state index contributed by atoms with van der Waals surface area (Å²) in [5, 5.41) is 25.6. The number of aliphatic carboxylic acids is 1. The van der Waals surface area contributed by atoms with Crippen molar-refractivity contribution in [2.75, 3.05) is 6.54 Å². The van der Waals surface area contributed by atoms with Gasteiger partial charge in [0.1, 0.15) is 18.1 Å². The molecule has 0 aliphatic heterocycles. The number of guanidine groups is 1. The van der Waals surface area contributed by atoms with Crippen LogP contribution in [0.25, 0.3) is 0 Å². The highest BCUT2D eigenvalue weighted by molar-refractivity contribution is 5.96. The summed E-state index contributed by atoms with van der Waals surface area (Å²) in [6.07, 6.45) is -0.168. The molecule has 4 atom stereocenters. The van der Waals surface area contributed by atoms with Gasteiger partial charge in [0.25, 0.3) is 0 Å². The molecule has 14 nitrogen and oxygen atoms in total. The van der Waals surface area contributed by atoms with Crippen LogP contribution >= 0.6 is 0 Å². The molecule has 0 aromatic rings. The minimum atomic E-state index is -1.45. The van der Waals surface area contributed by atoms with Crippen molar-refractivity contribution < 1.29 is 29.1 Å². The van der Waals surface area contributed by atoms with Gasteiger partial charge in [-0.25, -0.2) is 0 Å². The summed E-state index contributed by atoms with van der Waals surface area (Å²) in [6.45, 7) is 4.91. The van der Waals surface area contributed by atoms with Crippen molar-refractivity contribution in [2.45, 2.75) is 64.2 Å². The third-order valence-electron chi connectivity index (χ3n) is 4.41. The molecule has 0 radical (unpaired) electrons. The van der Waals surface area contributed by atoms with E-state index in [2.05, 4.69) is 21.3 Å². The van der Waals surface area contributed by atoms with Crippen LogP contribution in [-0.2, 0) is 24.0 Å². The fourth-order valence-electron chi connectivity index (χ4n) is 2.43. The molecule has 0 unspecified atom stereocenters. The molecule has 0 heterocycles. The van der Waals surface area contributed by atoms with E-state index in [1.807, 2.05) is 0 Å². The summed E-state index contributed by atoms with van der Waals surface area (Å²) in [4.78, 5) is 59.8. The predicted octanol–water partition coefficient (Wildman–Crippen LogP) is -3.33. The fraction of sp³-hybridized carbons (Fsp3) is 0.667. The number of nitrogens with two attached hydrogens (primary N) is 3. The number of carboxylic acid groups (broad SMARTS) is 1. The van der Waals surface area contributed by atoms with Crippen LogP contribution in [0.3, 0.4) is 0 Å². The number of nitrogens with one attached hydrogen (secondary N) is 5. The molecule has 0 aromatic heterocycles. The van der Waals surface area contributed by atoms with Crippen LogP contribution in [0.5, 0.6) is 0 Å². The Morgan fingerprint density at radius 2 is 1.44 bits per heavy atom. The Morgan fingerprint density at radius 1 is 0.906 bits per heavy atom. The molecule has 182 valence electrons. The average molecular weight is 459 g/mol. The first kappa shape index (κ1) is 28.6. The zero-order valence-electron chi connectivity index (χ0n) is 18.4. The molecule has 0 aliphatic carbocycles. The number of amides is 4. The second kappa shape index (κ2) is 13.8. The van der Waals surface area contributed by atoms with Gasteiger partial charge in [-0.05, 0) is 25.7 Å². The van der Waals surface area contributed by atoms with E-state index in [0.717, 1.165) is 0 Å². The minimum absolute atomic E-state index is 0.0963. The highest BCUT2D eigenvalue weighted by atomic mass is 16.4. The molecule has 0 fully saturated rings. The summed E-state index contributed by atoms with van der Waals surface area (Å²) in [5.41, 5.74) is 16.2. The average Bonchev–Trinajstić information content (AvgIpc) is 2.67. The molecule has 0 rings (SSSR count). The summed E-state index contributed by atoms with van der Waals surface area (Å²) in [6, 6.07) is -4.73. The maximum absolute atomic E-state index is 12.8. The van der Waals surface area contributed by atoms with E-state index < -0.39 is 60.2 Å². The molecule has 32 heavy (non-hydrogen) atoms. The topological polar surface area (TPSA) is 256 Å². The maximum Gasteiger partial charge on any atom is 0.325 e. The smallest absolute Gasteiger partial charge is 0.325 e. The van der Waals surface area contributed by atoms with Gasteiger partial charge in [-0.3, -0.25) is 29.4 Å². The van der Waals surface area contributed by atoms with E-state index >= 15 is 0 Å². The van der Waals surface area contributed by atoms with Crippen molar-refractivity contribution in [3.8, 4) is 0 Å². The molecule has 0 bridgehead atoms. The van der Waals surface area contributed by atoms with Crippen LogP contribution in [0.1, 0.15) is 40.0 Å². The van der Waals surface area contributed by atoms with Crippen molar-refractivity contribution in [3.05, 3.63) is 0 Å². The van der Waals surface area contributed by atoms with Crippen LogP contribution < -0.4 is 38.5 Å². The van der Waals surface area contributed by atoms with Gasteiger partial charge in [-0.15, -0.1) is 0 Å². The molecule has 0 spiro atoms. The van der Waals surface area contributed by atoms with Crippen LogP contribution in [-0.4, -0.2) is 71.4 Å². The third kappa shape index (κ3) is 11.1. The number of carbonyl (C=O) groups excluding carboxylic acids is 4. The summed E-state index contributed by atoms with van der Waals surface area (Å²) in [5.74, 6) is -4.98. The first-order chi connectivity index (χ1) is 14.8. The van der Waals surface area contributed by atoms with E-state index in [4.69, 9.17) is 27.7 Å². The van der Waals surface area contributed by atoms with Gasteiger partial charge in [0.15, 0.2) is 5.96 Å². The van der Waals surface area contributed by atoms with Gasteiger partial charge in [-0.1, -0.05) is 13.8 Å². The summed E-state index contributed by atoms with van der Waals surface area (Å²) >= 11 is 0. The molecule has 0 aliphatic rings. The van der Waals surface area contributed by atoms with Gasteiger partial charge >= 0.3 is 5.97 Å². The van der Waals surface area contributed by atoms with Crippen LogP contribution in [0.2, 0.25) is 0 Å². The summed E-state index contributed by atoms with van der Waals surface area (Å²) < 4.78 is 0. The van der Waals surface area contributed by atoms with Crippen molar-refractivity contribution in [1.82, 2.24) is 21.3 Å². The Bertz CT molecular complexity index is 714. The molecule has 14 heteroatoms. The van der Waals surface area contributed by atoms with Crippen molar-refractivity contribution in [2.24, 2.45) is 23.1 Å². The number of hydrogen-bond donors (Lipinski definition) is 9. The van der Waals surface area contributed by atoms with E-state index in [1.54, 1.807) is 13.8 Å². The first-order valence-electron chi connectivity index (χ1n) is 10.0. The van der Waals surface area contributed by atoms with Gasteiger partial charge < -0.3 is 43.6 Å². The van der Waals surface area contributed by atoms with Crippen LogP contribution in [0.15, 0.2) is 0 Å². The maximum atomic E-state index is 12.8. The Labute approximate surface area is 185 Å². The first-order valence-corrected chi connectivity index (χ1v) is 10.0. The number of hydrogen-bond acceptors (Lipinski definition) is 7. The van der Waals surface area contributed by atoms with E-state index in [0.29, 0.717) is 6.42 Å². The second-order valence-corrected chi connectivity index (χ2v) is 7.61. The highest BCUT2D eigenvalue weighted by Crippen LogP contribution is 2.04. The van der Waals surface area contributed by atoms with Gasteiger partial charge in [0, 0.05) is 6.54 Å². The van der Waals surface area contributed by atoms with Crippen molar-refractivity contribution in [1.29, 1.82) is 5.41 Å². The van der Waals surface area contributed by atoms with E-state index in [1.165, 1.54) is 6.92 Å². The predicted molar refractivity (Wildman–Crippen MR) is 115 cm³/mol. The van der Waals surface area contributed by atoms with Crippen LogP contribution in [0, 0.1) is 11.3 Å². The van der Waals surface area contributed by atoms with Gasteiger partial charge in [0.05, 0.1) is 12.5 Å². The van der Waals surface area contributed by atoms with Crippen molar-refractivity contribution in [3.63, 3.8) is 0 Å². The number of carboxylic acids is 1. The lowest BCUT2D eigenvalue weighted by atomic mass is 10.0. The van der Waals surface area contributed by atoms with Gasteiger partial charge in [0.2, 0.25) is 23.6 Å². The van der Waals surface area contributed by atoms with Crippen molar-refractivity contribution >= 4 is 35.6 Å². The molecule has 0 saturated heterocycles. The molecular weight excluding hydrogens is 424 g/mol. The van der Waals surface area contributed by atoms with E-state index in [-0.39, 0.29) is 24.8 Å². The molecule has 4 amide bonds. The lowest BCUT2D eigenvalue weighted by Gasteiger charge is -2.25. The van der Waals surface area contributed by atoms with Gasteiger partial charge in [-0.2, -0.15) is 0 Å². The Balaban J connectivity index is 5.42. The Morgan fingerprint density at radius 3 is 1.91 bits per heavy atom. The summed E-state index contributed by atoms with van der Waals surface area (Å²) in [7, 11) is 0. The second-order valence-electron chi connectivity index (χ2n) is 7.61. The zero-order chi connectivity index (χ0) is 25.0. The van der Waals surface area contributed by atoms with Crippen LogP contribution in [0.4, 0.5) is 0 Å². The fourth-order valence-corrected chi connectivity index (χ4v) is 2.43. The lowest BCUT2D eigenvalue weighted by molar-refractivity contribution is -0.142.